The van der Waals surface area contributed by atoms with Crippen molar-refractivity contribution < 1.29 is 14.3 Å². The Balaban J connectivity index is 1.41. The van der Waals surface area contributed by atoms with Gasteiger partial charge in [-0.1, -0.05) is 0 Å². The van der Waals surface area contributed by atoms with Gasteiger partial charge in [0, 0.05) is 17.7 Å². The number of ether oxygens (including phenoxy) is 2. The number of aromatic amines is 1. The molecule has 3 rings (SSSR count). The molecule has 4 N–H and O–H groups in total. The van der Waals surface area contributed by atoms with Crippen molar-refractivity contribution in [3.63, 3.8) is 0 Å². The Morgan fingerprint density at radius 1 is 1.11 bits per heavy atom. The minimum atomic E-state index is -0.0607. The summed E-state index contributed by atoms with van der Waals surface area (Å²) in [5, 5.41) is 9.75. The molecular weight excluding hydrogens is 358 g/mol. The molecule has 0 aliphatic carbocycles. The van der Waals surface area contributed by atoms with E-state index in [4.69, 9.17) is 15.2 Å². The molecule has 0 fully saturated rings. The van der Waals surface area contributed by atoms with Gasteiger partial charge in [0.15, 0.2) is 5.82 Å². The Labute approximate surface area is 163 Å². The maximum atomic E-state index is 12.1. The Morgan fingerprint density at radius 3 is 2.46 bits per heavy atom. The van der Waals surface area contributed by atoms with Gasteiger partial charge in [-0.25, -0.2) is 4.98 Å². The van der Waals surface area contributed by atoms with Crippen LogP contribution in [-0.4, -0.2) is 34.8 Å². The number of methoxy groups -OCH3 is 1. The van der Waals surface area contributed by atoms with Gasteiger partial charge >= 0.3 is 0 Å². The molecule has 0 saturated heterocycles. The van der Waals surface area contributed by atoms with Crippen LogP contribution in [0.1, 0.15) is 18.7 Å². The molecule has 0 bridgehead atoms. The fraction of sp³-hybridized carbons (Fsp3) is 0.250. The molecule has 0 aliphatic heterocycles. The first kappa shape index (κ1) is 19.4. The number of nitrogens with zero attached hydrogens (tertiary/aromatic N) is 2. The standard InChI is InChI=1S/C20H23N5O3/c1-27-16-8-10-17(11-9-16)28-12-2-3-19(26)22-15-6-4-14(5-7-15)20-23-18(13-21)24-25-20/h4-11H,2-3,12-13,21H2,1H3,(H,22,26)(H,23,24,25). The molecule has 0 spiro atoms. The third-order valence-corrected chi connectivity index (χ3v) is 4.03. The molecule has 3 aromatic rings. The van der Waals surface area contributed by atoms with Gasteiger partial charge < -0.3 is 20.5 Å². The predicted molar refractivity (Wildman–Crippen MR) is 106 cm³/mol. The van der Waals surface area contributed by atoms with Crippen LogP contribution in [0.25, 0.3) is 11.4 Å². The first-order chi connectivity index (χ1) is 13.7. The highest BCUT2D eigenvalue weighted by atomic mass is 16.5. The molecule has 0 saturated carbocycles. The number of benzene rings is 2. The second kappa shape index (κ2) is 9.52. The molecule has 0 aliphatic rings. The van der Waals surface area contributed by atoms with Gasteiger partial charge in [0.25, 0.3) is 0 Å². The zero-order valence-corrected chi connectivity index (χ0v) is 15.6. The van der Waals surface area contributed by atoms with E-state index >= 15 is 0 Å². The van der Waals surface area contributed by atoms with Crippen LogP contribution in [0.3, 0.4) is 0 Å². The lowest BCUT2D eigenvalue weighted by atomic mass is 10.2. The third kappa shape index (κ3) is 5.31. The summed E-state index contributed by atoms with van der Waals surface area (Å²) >= 11 is 0. The summed E-state index contributed by atoms with van der Waals surface area (Å²) in [6, 6.07) is 14.7. The van der Waals surface area contributed by atoms with Gasteiger partial charge in [-0.05, 0) is 55.0 Å². The summed E-state index contributed by atoms with van der Waals surface area (Å²) in [6.07, 6.45) is 0.994. The number of carbonyl (C=O) groups is 1. The number of carbonyl (C=O) groups excluding carboxylic acids is 1. The van der Waals surface area contributed by atoms with Crippen LogP contribution in [-0.2, 0) is 11.3 Å². The van der Waals surface area contributed by atoms with E-state index in [1.54, 1.807) is 7.11 Å². The quantitative estimate of drug-likeness (QED) is 0.491. The van der Waals surface area contributed by atoms with Crippen molar-refractivity contribution in [3.05, 3.63) is 54.4 Å². The van der Waals surface area contributed by atoms with Crippen LogP contribution >= 0.6 is 0 Å². The summed E-state index contributed by atoms with van der Waals surface area (Å²) in [7, 11) is 1.62. The van der Waals surface area contributed by atoms with Gasteiger partial charge in [-0.3, -0.25) is 9.89 Å². The van der Waals surface area contributed by atoms with E-state index in [0.29, 0.717) is 37.6 Å². The summed E-state index contributed by atoms with van der Waals surface area (Å²) in [5.74, 6) is 2.68. The zero-order valence-electron chi connectivity index (χ0n) is 15.6. The molecule has 0 atom stereocenters. The molecule has 0 unspecified atom stereocenters. The number of rotatable bonds is 9. The van der Waals surface area contributed by atoms with Crippen LogP contribution in [0.4, 0.5) is 5.69 Å². The lowest BCUT2D eigenvalue weighted by Crippen LogP contribution is -2.12. The number of hydrogen-bond donors (Lipinski definition) is 3. The fourth-order valence-electron chi connectivity index (χ4n) is 2.54. The Bertz CT molecular complexity index is 891. The first-order valence-corrected chi connectivity index (χ1v) is 8.96. The summed E-state index contributed by atoms with van der Waals surface area (Å²) in [6.45, 7) is 0.774. The highest BCUT2D eigenvalue weighted by Gasteiger charge is 2.07. The summed E-state index contributed by atoms with van der Waals surface area (Å²) < 4.78 is 10.7. The molecular formula is C20H23N5O3. The van der Waals surface area contributed by atoms with E-state index in [9.17, 15) is 4.79 Å². The maximum Gasteiger partial charge on any atom is 0.224 e. The minimum Gasteiger partial charge on any atom is -0.497 e. The van der Waals surface area contributed by atoms with Crippen LogP contribution in [0.5, 0.6) is 11.5 Å². The second-order valence-corrected chi connectivity index (χ2v) is 6.06. The number of nitrogens with two attached hydrogens (primary N) is 1. The Kier molecular flexibility index (Phi) is 6.59. The number of anilines is 1. The highest BCUT2D eigenvalue weighted by Crippen LogP contribution is 2.19. The fourth-order valence-corrected chi connectivity index (χ4v) is 2.54. The molecule has 1 heterocycles. The lowest BCUT2D eigenvalue weighted by Gasteiger charge is -2.08. The molecule has 8 nitrogen and oxygen atoms in total. The smallest absolute Gasteiger partial charge is 0.224 e. The van der Waals surface area contributed by atoms with Gasteiger partial charge in [0.1, 0.15) is 17.3 Å². The molecule has 0 radical (unpaired) electrons. The molecule has 1 amide bonds. The van der Waals surface area contributed by atoms with Gasteiger partial charge in [-0.2, -0.15) is 5.10 Å². The number of H-pyrrole nitrogens is 1. The van der Waals surface area contributed by atoms with Crippen molar-refractivity contribution in [2.24, 2.45) is 5.73 Å². The SMILES string of the molecule is COc1ccc(OCCCC(=O)Nc2ccc(-c3n[nH]c(CN)n3)cc2)cc1. The average Bonchev–Trinajstić information content (AvgIpc) is 3.21. The maximum absolute atomic E-state index is 12.1. The molecule has 28 heavy (non-hydrogen) atoms. The van der Waals surface area contributed by atoms with Crippen molar-refractivity contribution in [3.8, 4) is 22.9 Å². The average molecular weight is 381 g/mol. The lowest BCUT2D eigenvalue weighted by molar-refractivity contribution is -0.116. The minimum absolute atomic E-state index is 0.0607. The van der Waals surface area contributed by atoms with E-state index in [-0.39, 0.29) is 5.91 Å². The Hall–Kier alpha value is -3.39. The van der Waals surface area contributed by atoms with Crippen LogP contribution < -0.4 is 20.5 Å². The van der Waals surface area contributed by atoms with E-state index < -0.39 is 0 Å². The molecule has 1 aromatic heterocycles. The van der Waals surface area contributed by atoms with Crippen LogP contribution in [0.15, 0.2) is 48.5 Å². The Morgan fingerprint density at radius 2 is 1.82 bits per heavy atom. The summed E-state index contributed by atoms with van der Waals surface area (Å²) in [5.41, 5.74) is 7.09. The molecule has 8 heteroatoms. The monoisotopic (exact) mass is 381 g/mol. The number of hydrogen-bond acceptors (Lipinski definition) is 6. The number of amides is 1. The van der Waals surface area contributed by atoms with Crippen molar-refractivity contribution in [2.45, 2.75) is 19.4 Å². The zero-order chi connectivity index (χ0) is 19.8. The van der Waals surface area contributed by atoms with Gasteiger partial charge in [-0.15, -0.1) is 0 Å². The largest absolute Gasteiger partial charge is 0.497 e. The first-order valence-electron chi connectivity index (χ1n) is 8.96. The van der Waals surface area contributed by atoms with Crippen molar-refractivity contribution in [1.29, 1.82) is 0 Å². The van der Waals surface area contributed by atoms with Crippen molar-refractivity contribution >= 4 is 11.6 Å². The molecule has 2 aromatic carbocycles. The molecule has 146 valence electrons. The number of nitrogens with one attached hydrogen (secondary N) is 2. The van der Waals surface area contributed by atoms with E-state index in [0.717, 1.165) is 22.7 Å². The summed E-state index contributed by atoms with van der Waals surface area (Å²) in [4.78, 5) is 16.4. The van der Waals surface area contributed by atoms with Gasteiger partial charge in [0.05, 0.1) is 20.3 Å². The topological polar surface area (TPSA) is 115 Å². The van der Waals surface area contributed by atoms with Crippen molar-refractivity contribution in [1.82, 2.24) is 15.2 Å². The van der Waals surface area contributed by atoms with Crippen LogP contribution in [0, 0.1) is 0 Å². The van der Waals surface area contributed by atoms with E-state index in [1.165, 1.54) is 0 Å². The second-order valence-electron chi connectivity index (χ2n) is 6.06. The van der Waals surface area contributed by atoms with E-state index in [2.05, 4.69) is 20.5 Å². The van der Waals surface area contributed by atoms with Gasteiger partial charge in [0.2, 0.25) is 5.91 Å². The van der Waals surface area contributed by atoms with E-state index in [1.807, 2.05) is 48.5 Å². The van der Waals surface area contributed by atoms with Crippen LogP contribution in [0.2, 0.25) is 0 Å². The predicted octanol–water partition coefficient (Wildman–Crippen LogP) is 2.74. The van der Waals surface area contributed by atoms with Crippen molar-refractivity contribution in [2.75, 3.05) is 19.0 Å². The highest BCUT2D eigenvalue weighted by molar-refractivity contribution is 5.90. The third-order valence-electron chi connectivity index (χ3n) is 4.03. The normalized spacial score (nSPS) is 10.5. The number of aromatic nitrogens is 3.